The van der Waals surface area contributed by atoms with Gasteiger partial charge in [-0.1, -0.05) is 48.9 Å². The summed E-state index contributed by atoms with van der Waals surface area (Å²) in [5.41, 5.74) is 3.42. The first-order valence-corrected chi connectivity index (χ1v) is 5.44. The fraction of sp³-hybridized carbons (Fsp3) is 0.143. The van der Waals surface area contributed by atoms with E-state index >= 15 is 0 Å². The predicted molar refractivity (Wildman–Crippen MR) is 65.1 cm³/mol. The zero-order chi connectivity index (χ0) is 10.7. The fourth-order valence-corrected chi connectivity index (χ4v) is 1.78. The van der Waals surface area contributed by atoms with Gasteiger partial charge < -0.3 is 0 Å². The Bertz CT molecular complexity index is 443. The molecule has 2 aromatic rings. The summed E-state index contributed by atoms with van der Waals surface area (Å²) < 4.78 is 0. The first kappa shape index (κ1) is 10.3. The van der Waals surface area contributed by atoms with Gasteiger partial charge >= 0.3 is 0 Å². The van der Waals surface area contributed by atoms with Crippen molar-refractivity contribution in [1.82, 2.24) is 0 Å². The lowest BCUT2D eigenvalue weighted by molar-refractivity contribution is 1.14. The fourth-order valence-electron chi connectivity index (χ4n) is 1.54. The van der Waals surface area contributed by atoms with E-state index in [1.54, 1.807) is 0 Å². The van der Waals surface area contributed by atoms with Crippen LogP contribution in [0.25, 0.3) is 11.1 Å². The minimum atomic E-state index is 0.787. The van der Waals surface area contributed by atoms with E-state index in [4.69, 9.17) is 11.6 Å². The minimum Gasteiger partial charge on any atom is -0.0837 e. The van der Waals surface area contributed by atoms with Crippen molar-refractivity contribution in [1.29, 1.82) is 0 Å². The standard InChI is InChI=1S/C14H12Cl/c1-2-11-7-9-12(10-8-11)13-5-3-4-6-14(13)15/h3-7,9-10H,2H2,1H3. The first-order valence-electron chi connectivity index (χ1n) is 5.07. The average molecular weight is 216 g/mol. The van der Waals surface area contributed by atoms with Crippen LogP contribution in [0.2, 0.25) is 5.02 Å². The highest BCUT2D eigenvalue weighted by molar-refractivity contribution is 6.33. The molecule has 0 aliphatic heterocycles. The SMILES string of the molecule is CCc1[c]cc(-c2ccccc2Cl)cc1. The summed E-state index contributed by atoms with van der Waals surface area (Å²) in [5.74, 6) is 0. The van der Waals surface area contributed by atoms with Crippen molar-refractivity contribution in [2.75, 3.05) is 0 Å². The first-order chi connectivity index (χ1) is 7.31. The largest absolute Gasteiger partial charge is 0.0837 e. The van der Waals surface area contributed by atoms with E-state index in [0.29, 0.717) is 0 Å². The average Bonchev–Trinajstić information content (AvgIpc) is 2.30. The summed E-state index contributed by atoms with van der Waals surface area (Å²) in [6.07, 6.45) is 1.02. The van der Waals surface area contributed by atoms with E-state index in [0.717, 1.165) is 22.6 Å². The molecule has 0 saturated heterocycles. The third-order valence-corrected chi connectivity index (χ3v) is 2.77. The van der Waals surface area contributed by atoms with Crippen molar-refractivity contribution in [2.24, 2.45) is 0 Å². The zero-order valence-electron chi connectivity index (χ0n) is 8.63. The third kappa shape index (κ3) is 2.21. The molecule has 1 heteroatoms. The van der Waals surface area contributed by atoms with Crippen LogP contribution in [0.15, 0.2) is 42.5 Å². The highest BCUT2D eigenvalue weighted by Crippen LogP contribution is 2.27. The summed E-state index contributed by atoms with van der Waals surface area (Å²) in [6.45, 7) is 2.13. The van der Waals surface area contributed by atoms with Crippen molar-refractivity contribution < 1.29 is 0 Å². The van der Waals surface area contributed by atoms with Crippen LogP contribution in [-0.2, 0) is 6.42 Å². The van der Waals surface area contributed by atoms with E-state index in [2.05, 4.69) is 25.1 Å². The van der Waals surface area contributed by atoms with Crippen molar-refractivity contribution in [2.45, 2.75) is 13.3 Å². The maximum Gasteiger partial charge on any atom is 0.0484 e. The topological polar surface area (TPSA) is 0 Å². The molecule has 0 saturated carbocycles. The van der Waals surface area contributed by atoms with Gasteiger partial charge in [-0.2, -0.15) is 0 Å². The molecule has 0 aromatic heterocycles. The Labute approximate surface area is 95.5 Å². The van der Waals surface area contributed by atoms with Crippen LogP contribution in [0.4, 0.5) is 0 Å². The molecular formula is C14H12Cl. The van der Waals surface area contributed by atoms with E-state index in [-0.39, 0.29) is 0 Å². The van der Waals surface area contributed by atoms with Gasteiger partial charge in [0.15, 0.2) is 0 Å². The van der Waals surface area contributed by atoms with Gasteiger partial charge in [-0.25, -0.2) is 0 Å². The Morgan fingerprint density at radius 3 is 2.53 bits per heavy atom. The summed E-state index contributed by atoms with van der Waals surface area (Å²) in [7, 11) is 0. The molecular weight excluding hydrogens is 204 g/mol. The van der Waals surface area contributed by atoms with Crippen LogP contribution in [0, 0.1) is 6.07 Å². The lowest BCUT2D eigenvalue weighted by atomic mass is 10.0. The predicted octanol–water partition coefficient (Wildman–Crippen LogP) is 4.37. The monoisotopic (exact) mass is 215 g/mol. The molecule has 0 fully saturated rings. The lowest BCUT2D eigenvalue weighted by Gasteiger charge is -2.04. The number of halogens is 1. The van der Waals surface area contributed by atoms with Crippen molar-refractivity contribution in [3.8, 4) is 11.1 Å². The van der Waals surface area contributed by atoms with Crippen molar-refractivity contribution in [3.05, 3.63) is 59.1 Å². The Morgan fingerprint density at radius 1 is 1.13 bits per heavy atom. The third-order valence-electron chi connectivity index (χ3n) is 2.44. The molecule has 2 aromatic carbocycles. The second kappa shape index (κ2) is 4.50. The molecule has 0 spiro atoms. The van der Waals surface area contributed by atoms with Gasteiger partial charge in [-0.3, -0.25) is 0 Å². The quantitative estimate of drug-likeness (QED) is 0.698. The molecule has 15 heavy (non-hydrogen) atoms. The highest BCUT2D eigenvalue weighted by Gasteiger charge is 2.01. The molecule has 0 aliphatic rings. The Hall–Kier alpha value is -1.27. The van der Waals surface area contributed by atoms with Gasteiger partial charge in [0.05, 0.1) is 0 Å². The second-order valence-electron chi connectivity index (χ2n) is 3.44. The van der Waals surface area contributed by atoms with Gasteiger partial charge in [0, 0.05) is 10.6 Å². The van der Waals surface area contributed by atoms with E-state index in [1.165, 1.54) is 5.56 Å². The number of hydrogen-bond donors (Lipinski definition) is 0. The molecule has 0 bridgehead atoms. The van der Waals surface area contributed by atoms with Gasteiger partial charge in [0.25, 0.3) is 0 Å². The summed E-state index contributed by atoms with van der Waals surface area (Å²) in [5, 5.41) is 0.787. The maximum absolute atomic E-state index is 6.12. The van der Waals surface area contributed by atoms with Crippen molar-refractivity contribution in [3.63, 3.8) is 0 Å². The Kier molecular flexibility index (Phi) is 3.08. The highest BCUT2D eigenvalue weighted by atomic mass is 35.5. The second-order valence-corrected chi connectivity index (χ2v) is 3.84. The molecule has 0 aliphatic carbocycles. The molecule has 0 atom stereocenters. The van der Waals surface area contributed by atoms with Crippen LogP contribution in [0.3, 0.4) is 0 Å². The summed E-state index contributed by atoms with van der Waals surface area (Å²) in [6, 6.07) is 17.3. The lowest BCUT2D eigenvalue weighted by Crippen LogP contribution is -1.82. The zero-order valence-corrected chi connectivity index (χ0v) is 9.38. The van der Waals surface area contributed by atoms with Crippen LogP contribution in [0.1, 0.15) is 12.5 Å². The Balaban J connectivity index is 2.42. The molecule has 1 radical (unpaired) electrons. The van der Waals surface area contributed by atoms with Crippen molar-refractivity contribution >= 4 is 11.6 Å². The van der Waals surface area contributed by atoms with E-state index < -0.39 is 0 Å². The van der Waals surface area contributed by atoms with Gasteiger partial charge in [0.2, 0.25) is 0 Å². The van der Waals surface area contributed by atoms with Crippen LogP contribution >= 0.6 is 11.6 Å². The summed E-state index contributed by atoms with van der Waals surface area (Å²) >= 11 is 6.12. The summed E-state index contributed by atoms with van der Waals surface area (Å²) in [4.78, 5) is 0. The number of aryl methyl sites for hydroxylation is 1. The molecule has 0 unspecified atom stereocenters. The van der Waals surface area contributed by atoms with E-state index in [1.807, 2.05) is 30.3 Å². The van der Waals surface area contributed by atoms with Gasteiger partial charge in [0.1, 0.15) is 0 Å². The molecule has 2 rings (SSSR count). The van der Waals surface area contributed by atoms with Crippen LogP contribution in [-0.4, -0.2) is 0 Å². The molecule has 0 amide bonds. The normalized spacial score (nSPS) is 10.3. The van der Waals surface area contributed by atoms with Gasteiger partial charge in [-0.15, -0.1) is 0 Å². The number of rotatable bonds is 2. The molecule has 0 heterocycles. The molecule has 0 N–H and O–H groups in total. The number of benzene rings is 2. The Morgan fingerprint density at radius 2 is 1.93 bits per heavy atom. The molecule has 75 valence electrons. The molecule has 0 nitrogen and oxygen atoms in total. The maximum atomic E-state index is 6.12. The minimum absolute atomic E-state index is 0.787. The van der Waals surface area contributed by atoms with Crippen LogP contribution < -0.4 is 0 Å². The number of hydrogen-bond acceptors (Lipinski definition) is 0. The van der Waals surface area contributed by atoms with Crippen LogP contribution in [0.5, 0.6) is 0 Å². The van der Waals surface area contributed by atoms with Gasteiger partial charge in [-0.05, 0) is 35.7 Å². The van der Waals surface area contributed by atoms with E-state index in [9.17, 15) is 0 Å². The smallest absolute Gasteiger partial charge is 0.0484 e.